The van der Waals surface area contributed by atoms with E-state index >= 15 is 0 Å². The van der Waals surface area contributed by atoms with Crippen LogP contribution in [0.15, 0.2) is 0 Å². The summed E-state index contributed by atoms with van der Waals surface area (Å²) in [6, 6.07) is 1.52. The average Bonchev–Trinajstić information content (AvgIpc) is 2.10. The van der Waals surface area contributed by atoms with Gasteiger partial charge in [-0.3, -0.25) is 0 Å². The van der Waals surface area contributed by atoms with Gasteiger partial charge in [-0.15, -0.1) is 0 Å². The standard InChI is InChI=1S/C8H19Si.CHF3O3S/c1-4-5-6-7-8-9(2)3;2-1(3,4)8(5,6)7/h4-8H2,1-3H3;(H,5,6,7)/q+1;/p-1. The van der Waals surface area contributed by atoms with Crippen LogP contribution in [-0.4, -0.2) is 27.3 Å². The summed E-state index contributed by atoms with van der Waals surface area (Å²) in [5.74, 6) is 0. The number of hydrogen-bond acceptors (Lipinski definition) is 3. The van der Waals surface area contributed by atoms with Crippen molar-refractivity contribution in [2.45, 2.75) is 57.3 Å². The molecule has 0 rings (SSSR count). The molecule has 0 aliphatic rings. The third-order valence-electron chi connectivity index (χ3n) is 1.81. The smallest absolute Gasteiger partial charge is 0.485 e. The fourth-order valence-corrected chi connectivity index (χ4v) is 1.86. The zero-order valence-electron chi connectivity index (χ0n) is 10.3. The van der Waals surface area contributed by atoms with Gasteiger partial charge in [-0.05, 0) is 6.42 Å². The Kier molecular flexibility index (Phi) is 10.1. The summed E-state index contributed by atoms with van der Waals surface area (Å²) in [5.41, 5.74) is -5.65. The molecule has 3 nitrogen and oxygen atoms in total. The van der Waals surface area contributed by atoms with Crippen molar-refractivity contribution in [3.63, 3.8) is 0 Å². The summed E-state index contributed by atoms with van der Waals surface area (Å²) in [6.45, 7) is 7.07. The highest BCUT2D eigenvalue weighted by atomic mass is 32.2. The summed E-state index contributed by atoms with van der Waals surface area (Å²) < 4.78 is 58.9. The fourth-order valence-electron chi connectivity index (χ4n) is 0.905. The van der Waals surface area contributed by atoms with Crippen LogP contribution in [0.25, 0.3) is 0 Å². The van der Waals surface area contributed by atoms with Crippen LogP contribution in [0.4, 0.5) is 13.2 Å². The normalized spacial score (nSPS) is 11.7. The Bertz CT molecular complexity index is 276. The van der Waals surface area contributed by atoms with Crippen molar-refractivity contribution in [1.82, 2.24) is 0 Å². The Hall–Kier alpha value is -0.0831. The summed E-state index contributed by atoms with van der Waals surface area (Å²) in [6.07, 6.45) is 5.76. The molecule has 0 aliphatic carbocycles. The predicted molar refractivity (Wildman–Crippen MR) is 62.2 cm³/mol. The van der Waals surface area contributed by atoms with Crippen LogP contribution in [0.1, 0.15) is 32.6 Å². The molecule has 0 spiro atoms. The Labute approximate surface area is 103 Å². The van der Waals surface area contributed by atoms with Gasteiger partial charge in [0.1, 0.15) is 0 Å². The first-order chi connectivity index (χ1) is 7.52. The minimum absolute atomic E-state index is 0.0849. The van der Waals surface area contributed by atoms with Gasteiger partial charge in [-0.1, -0.05) is 26.2 Å². The van der Waals surface area contributed by atoms with E-state index in [9.17, 15) is 13.2 Å². The van der Waals surface area contributed by atoms with Gasteiger partial charge in [0, 0.05) is 0 Å². The molecule has 0 radical (unpaired) electrons. The van der Waals surface area contributed by atoms with Gasteiger partial charge in [0.25, 0.3) is 0 Å². The molecule has 0 aliphatic heterocycles. The molecule has 8 heteroatoms. The lowest BCUT2D eigenvalue weighted by Gasteiger charge is -2.08. The highest BCUT2D eigenvalue weighted by molar-refractivity contribution is 7.86. The SMILES string of the molecule is CCCCCC[Si+](C)C.O=S(=O)([O-])C(F)(F)F. The fraction of sp³-hybridized carbons (Fsp3) is 1.00. The number of rotatable bonds is 5. The summed E-state index contributed by atoms with van der Waals surface area (Å²) in [7, 11) is -6.01. The molecule has 0 saturated heterocycles. The van der Waals surface area contributed by atoms with E-state index in [1.807, 2.05) is 0 Å². The maximum absolute atomic E-state index is 10.7. The van der Waals surface area contributed by atoms with Crippen molar-refractivity contribution in [2.24, 2.45) is 0 Å². The van der Waals surface area contributed by atoms with Crippen LogP contribution in [-0.2, 0) is 10.1 Å². The van der Waals surface area contributed by atoms with Gasteiger partial charge in [-0.2, -0.15) is 13.2 Å². The summed E-state index contributed by atoms with van der Waals surface area (Å²) in [4.78, 5) is 0. The molecule has 0 saturated carbocycles. The number of unbranched alkanes of at least 4 members (excludes halogenated alkanes) is 3. The second-order valence-electron chi connectivity index (χ2n) is 3.92. The van der Waals surface area contributed by atoms with E-state index in [1.165, 1.54) is 31.7 Å². The molecular formula is C9H19F3O3SSi. The molecule has 0 N–H and O–H groups in total. The molecular weight excluding hydrogens is 273 g/mol. The van der Waals surface area contributed by atoms with Gasteiger partial charge in [0.15, 0.2) is 10.1 Å². The lowest BCUT2D eigenvalue weighted by atomic mass is 10.2. The van der Waals surface area contributed by atoms with Crippen molar-refractivity contribution >= 4 is 18.9 Å². The maximum atomic E-state index is 10.7. The predicted octanol–water partition coefficient (Wildman–Crippen LogP) is 3.37. The lowest BCUT2D eigenvalue weighted by molar-refractivity contribution is -0.0517. The van der Waals surface area contributed by atoms with Crippen LogP contribution in [0, 0.1) is 0 Å². The van der Waals surface area contributed by atoms with E-state index in [0.717, 1.165) is 0 Å². The topological polar surface area (TPSA) is 57.2 Å². The van der Waals surface area contributed by atoms with E-state index in [4.69, 9.17) is 13.0 Å². The van der Waals surface area contributed by atoms with Gasteiger partial charge < -0.3 is 4.55 Å². The largest absolute Gasteiger partial charge is 0.741 e. The zero-order valence-corrected chi connectivity index (χ0v) is 12.1. The average molecular weight is 292 g/mol. The molecule has 0 unspecified atom stereocenters. The molecule has 104 valence electrons. The van der Waals surface area contributed by atoms with E-state index in [2.05, 4.69) is 20.0 Å². The highest BCUT2D eigenvalue weighted by Crippen LogP contribution is 2.20. The third kappa shape index (κ3) is 13.9. The van der Waals surface area contributed by atoms with Crippen molar-refractivity contribution in [2.75, 3.05) is 0 Å². The van der Waals surface area contributed by atoms with Gasteiger partial charge in [0.05, 0.1) is 19.1 Å². The van der Waals surface area contributed by atoms with Crippen molar-refractivity contribution < 1.29 is 26.1 Å². The third-order valence-corrected chi connectivity index (χ3v) is 3.73. The maximum Gasteiger partial charge on any atom is 0.485 e. The monoisotopic (exact) mass is 292 g/mol. The molecule has 17 heavy (non-hydrogen) atoms. The second kappa shape index (κ2) is 8.93. The van der Waals surface area contributed by atoms with E-state index in [1.54, 1.807) is 0 Å². The quantitative estimate of drug-likeness (QED) is 0.338. The van der Waals surface area contributed by atoms with E-state index in [0.29, 0.717) is 0 Å². The molecule has 0 atom stereocenters. The summed E-state index contributed by atoms with van der Waals surface area (Å²) in [5, 5.41) is 0. The van der Waals surface area contributed by atoms with Crippen molar-refractivity contribution in [3.05, 3.63) is 0 Å². The molecule has 0 aromatic rings. The number of halogens is 3. The molecule has 0 bridgehead atoms. The Balaban J connectivity index is 0. The van der Waals surface area contributed by atoms with E-state index < -0.39 is 15.6 Å². The molecule has 0 fully saturated rings. The van der Waals surface area contributed by atoms with Gasteiger partial charge >= 0.3 is 14.3 Å². The highest BCUT2D eigenvalue weighted by Gasteiger charge is 2.36. The number of hydrogen-bond donors (Lipinski definition) is 0. The first-order valence-corrected chi connectivity index (χ1v) is 9.45. The molecule has 0 heterocycles. The Morgan fingerprint density at radius 3 is 1.76 bits per heavy atom. The van der Waals surface area contributed by atoms with E-state index in [-0.39, 0.29) is 8.80 Å². The van der Waals surface area contributed by atoms with Crippen LogP contribution in [0.5, 0.6) is 0 Å². The van der Waals surface area contributed by atoms with Crippen molar-refractivity contribution in [3.8, 4) is 0 Å². The first-order valence-electron chi connectivity index (χ1n) is 5.33. The lowest BCUT2D eigenvalue weighted by Crippen LogP contribution is -2.21. The van der Waals surface area contributed by atoms with Crippen molar-refractivity contribution in [1.29, 1.82) is 0 Å². The minimum atomic E-state index is -6.09. The van der Waals surface area contributed by atoms with Gasteiger partial charge in [-0.25, -0.2) is 8.42 Å². The Morgan fingerprint density at radius 1 is 1.12 bits per heavy atom. The second-order valence-corrected chi connectivity index (χ2v) is 8.20. The minimum Gasteiger partial charge on any atom is -0.741 e. The van der Waals surface area contributed by atoms with Crippen LogP contribution in [0.3, 0.4) is 0 Å². The van der Waals surface area contributed by atoms with Crippen LogP contribution in [0.2, 0.25) is 19.1 Å². The summed E-state index contributed by atoms with van der Waals surface area (Å²) >= 11 is 0. The molecule has 0 amide bonds. The van der Waals surface area contributed by atoms with Gasteiger partial charge in [0.2, 0.25) is 0 Å². The Morgan fingerprint density at radius 2 is 1.53 bits per heavy atom. The van der Waals surface area contributed by atoms with Crippen LogP contribution >= 0.6 is 0 Å². The van der Waals surface area contributed by atoms with Crippen LogP contribution < -0.4 is 0 Å². The number of alkyl halides is 3. The zero-order chi connectivity index (χ0) is 14.1. The molecule has 0 aromatic heterocycles. The molecule has 0 aromatic carbocycles. The first kappa shape index (κ1) is 19.3.